The minimum Gasteiger partial charge on any atom is -0.462 e. The number of rotatable bonds is 31. The zero-order valence-corrected chi connectivity index (χ0v) is 28.7. The summed E-state index contributed by atoms with van der Waals surface area (Å²) in [4.78, 5) is 42.5. The summed E-state index contributed by atoms with van der Waals surface area (Å²) in [6.07, 6.45) is 28.2. The number of hydrogen-bond acceptors (Lipinski definition) is 7. The van der Waals surface area contributed by atoms with Crippen LogP contribution >= 0.6 is 7.82 Å². The predicted molar refractivity (Wildman–Crippen MR) is 174 cm³/mol. The fourth-order valence-electron chi connectivity index (χ4n) is 5.20. The number of ether oxygens (including phenoxy) is 3. The van der Waals surface area contributed by atoms with Crippen molar-refractivity contribution in [1.82, 2.24) is 0 Å². The third-order valence-corrected chi connectivity index (χ3v) is 8.44. The van der Waals surface area contributed by atoms with Crippen LogP contribution in [0.4, 0.5) is 0 Å². The van der Waals surface area contributed by atoms with Crippen molar-refractivity contribution in [2.24, 2.45) is 0 Å². The molecule has 1 saturated heterocycles. The lowest BCUT2D eigenvalue weighted by atomic mass is 10.1. The molecule has 1 aliphatic rings. The second kappa shape index (κ2) is 26.9. The Bertz CT molecular complexity index is 798. The fraction of sp³-hybridized carbons (Fsp3) is 0.882. The molecule has 2 unspecified atom stereocenters. The molecule has 0 saturated carbocycles. The summed E-state index contributed by atoms with van der Waals surface area (Å²) in [5.41, 5.74) is 0. The SMILES string of the molecule is CCCCCCCCCCCCC(=O)OC[C@H](COP(=O)(O)O)OC(=O)CCCCCCC/C=C\CC1OC1CCCCC. The van der Waals surface area contributed by atoms with Crippen molar-refractivity contribution in [2.75, 3.05) is 13.2 Å². The van der Waals surface area contributed by atoms with E-state index in [1.807, 2.05) is 0 Å². The second-order valence-corrected chi connectivity index (χ2v) is 13.5. The molecule has 0 spiro atoms. The van der Waals surface area contributed by atoms with Crippen molar-refractivity contribution in [3.8, 4) is 0 Å². The third kappa shape index (κ3) is 26.0. The number of unbranched alkanes of at least 4 members (excludes halogenated alkanes) is 16. The molecule has 0 bridgehead atoms. The van der Waals surface area contributed by atoms with Crippen molar-refractivity contribution < 1.29 is 42.7 Å². The van der Waals surface area contributed by atoms with Crippen molar-refractivity contribution in [3.63, 3.8) is 0 Å². The number of carbonyl (C=O) groups is 2. The van der Waals surface area contributed by atoms with Gasteiger partial charge in [0.2, 0.25) is 0 Å². The molecule has 0 aromatic heterocycles. The van der Waals surface area contributed by atoms with E-state index in [1.54, 1.807) is 0 Å². The van der Waals surface area contributed by atoms with Gasteiger partial charge in [0.1, 0.15) is 6.61 Å². The van der Waals surface area contributed by atoms with E-state index in [1.165, 1.54) is 70.6 Å². The van der Waals surface area contributed by atoms with Crippen LogP contribution < -0.4 is 0 Å². The first-order valence-electron chi connectivity index (χ1n) is 17.6. The Morgan fingerprint density at radius 3 is 1.86 bits per heavy atom. The number of allylic oxidation sites excluding steroid dienone is 1. The van der Waals surface area contributed by atoms with Gasteiger partial charge in [-0.15, -0.1) is 0 Å². The number of epoxide rings is 1. The second-order valence-electron chi connectivity index (χ2n) is 12.2. The van der Waals surface area contributed by atoms with E-state index in [-0.39, 0.29) is 19.4 Å². The van der Waals surface area contributed by atoms with E-state index >= 15 is 0 Å². The fourth-order valence-corrected chi connectivity index (χ4v) is 5.56. The maximum absolute atomic E-state index is 12.3. The highest BCUT2D eigenvalue weighted by Gasteiger charge is 2.36. The number of phosphoric ester groups is 1. The van der Waals surface area contributed by atoms with Gasteiger partial charge < -0.3 is 24.0 Å². The molecule has 9 nitrogen and oxygen atoms in total. The van der Waals surface area contributed by atoms with Crippen LogP contribution in [0, 0.1) is 0 Å². The highest BCUT2D eigenvalue weighted by atomic mass is 31.2. The van der Waals surface area contributed by atoms with Gasteiger partial charge in [-0.25, -0.2) is 4.57 Å². The third-order valence-electron chi connectivity index (χ3n) is 7.96. The maximum atomic E-state index is 12.3. The molecular formula is C34H63O9P. The molecule has 1 rings (SSSR count). The van der Waals surface area contributed by atoms with Crippen LogP contribution in [0.15, 0.2) is 12.2 Å². The van der Waals surface area contributed by atoms with Crippen LogP contribution in [-0.4, -0.2) is 53.3 Å². The zero-order chi connectivity index (χ0) is 32.3. The molecule has 44 heavy (non-hydrogen) atoms. The molecule has 0 radical (unpaired) electrons. The van der Waals surface area contributed by atoms with E-state index in [2.05, 4.69) is 30.5 Å². The van der Waals surface area contributed by atoms with E-state index in [0.717, 1.165) is 57.8 Å². The van der Waals surface area contributed by atoms with Crippen molar-refractivity contribution in [2.45, 2.75) is 180 Å². The van der Waals surface area contributed by atoms with Crippen LogP contribution in [0.3, 0.4) is 0 Å². The summed E-state index contributed by atoms with van der Waals surface area (Å²) in [5, 5.41) is 0. The first-order valence-corrected chi connectivity index (χ1v) is 19.1. The molecule has 1 heterocycles. The average Bonchev–Trinajstić information content (AvgIpc) is 3.73. The summed E-state index contributed by atoms with van der Waals surface area (Å²) < 4.78 is 31.9. The number of esters is 2. The quantitative estimate of drug-likeness (QED) is 0.0249. The lowest BCUT2D eigenvalue weighted by Crippen LogP contribution is -2.29. The van der Waals surface area contributed by atoms with Crippen LogP contribution in [-0.2, 0) is 32.9 Å². The summed E-state index contributed by atoms with van der Waals surface area (Å²) in [7, 11) is -4.75. The van der Waals surface area contributed by atoms with Crippen molar-refractivity contribution >= 4 is 19.8 Å². The van der Waals surface area contributed by atoms with Crippen molar-refractivity contribution in [3.05, 3.63) is 12.2 Å². The van der Waals surface area contributed by atoms with E-state index in [9.17, 15) is 14.2 Å². The Labute approximate surface area is 267 Å². The molecule has 3 atom stereocenters. The first-order chi connectivity index (χ1) is 21.2. The molecule has 10 heteroatoms. The molecule has 258 valence electrons. The zero-order valence-electron chi connectivity index (χ0n) is 27.8. The lowest BCUT2D eigenvalue weighted by Gasteiger charge is -2.18. The van der Waals surface area contributed by atoms with Gasteiger partial charge in [-0.1, -0.05) is 122 Å². The standard InChI is InChI=1S/C34H63O9P/c1-3-5-7-8-9-10-11-15-18-22-26-33(35)40-28-30(29-41-44(37,38)39)42-34(36)27-23-19-16-13-12-14-17-21-25-32-31(43-32)24-20-6-4-2/h17,21,30-32H,3-16,18-20,22-29H2,1-2H3,(H2,37,38,39)/b21-17-/t30-,31?,32?/m1/s1. The summed E-state index contributed by atoms with van der Waals surface area (Å²) in [6.45, 7) is 3.61. The van der Waals surface area contributed by atoms with Crippen LogP contribution in [0.25, 0.3) is 0 Å². The Kier molecular flexibility index (Phi) is 24.9. The monoisotopic (exact) mass is 646 g/mol. The van der Waals surface area contributed by atoms with E-state index < -0.39 is 32.5 Å². The largest absolute Gasteiger partial charge is 0.469 e. The topological polar surface area (TPSA) is 132 Å². The van der Waals surface area contributed by atoms with Gasteiger partial charge in [-0.05, 0) is 38.5 Å². The molecule has 2 N–H and O–H groups in total. The highest BCUT2D eigenvalue weighted by molar-refractivity contribution is 7.46. The van der Waals surface area contributed by atoms with E-state index in [4.69, 9.17) is 24.0 Å². The first kappa shape index (κ1) is 40.8. The van der Waals surface area contributed by atoms with Crippen LogP contribution in [0.2, 0.25) is 0 Å². The van der Waals surface area contributed by atoms with Crippen molar-refractivity contribution in [1.29, 1.82) is 0 Å². The number of hydrogen-bond donors (Lipinski definition) is 2. The molecule has 1 fully saturated rings. The van der Waals surface area contributed by atoms with Gasteiger partial charge in [-0.3, -0.25) is 14.1 Å². The van der Waals surface area contributed by atoms with Crippen LogP contribution in [0.5, 0.6) is 0 Å². The van der Waals surface area contributed by atoms with Gasteiger partial charge in [0.05, 0.1) is 18.8 Å². The predicted octanol–water partition coefficient (Wildman–Crippen LogP) is 8.89. The van der Waals surface area contributed by atoms with Gasteiger partial charge in [0, 0.05) is 12.8 Å². The van der Waals surface area contributed by atoms with Gasteiger partial charge >= 0.3 is 19.8 Å². The molecule has 0 amide bonds. The molecule has 1 aliphatic heterocycles. The van der Waals surface area contributed by atoms with Gasteiger partial charge in [-0.2, -0.15) is 0 Å². The van der Waals surface area contributed by atoms with Gasteiger partial charge in [0.15, 0.2) is 6.10 Å². The smallest absolute Gasteiger partial charge is 0.462 e. The Morgan fingerprint density at radius 2 is 1.25 bits per heavy atom. The maximum Gasteiger partial charge on any atom is 0.469 e. The highest BCUT2D eigenvalue weighted by Crippen LogP contribution is 2.36. The Hall–Kier alpha value is -1.25. The van der Waals surface area contributed by atoms with E-state index in [0.29, 0.717) is 18.6 Å². The number of carbonyl (C=O) groups excluding carboxylic acids is 2. The molecule has 0 aromatic rings. The number of phosphoric acid groups is 1. The lowest BCUT2D eigenvalue weighted by molar-refractivity contribution is -0.161. The minimum atomic E-state index is -4.75. The average molecular weight is 647 g/mol. The minimum absolute atomic E-state index is 0.194. The summed E-state index contributed by atoms with van der Waals surface area (Å²) >= 11 is 0. The summed E-state index contributed by atoms with van der Waals surface area (Å²) in [5.74, 6) is -0.905. The van der Waals surface area contributed by atoms with Gasteiger partial charge in [0.25, 0.3) is 0 Å². The molecule has 0 aliphatic carbocycles. The Balaban J connectivity index is 2.11. The Morgan fingerprint density at radius 1 is 0.705 bits per heavy atom. The van der Waals surface area contributed by atoms with Crippen LogP contribution in [0.1, 0.15) is 162 Å². The molecule has 0 aromatic carbocycles. The normalized spacial score (nSPS) is 17.2. The summed E-state index contributed by atoms with van der Waals surface area (Å²) in [6, 6.07) is 0. The molecular weight excluding hydrogens is 583 g/mol.